The number of benzene rings is 2. The topological polar surface area (TPSA) is 59.9 Å². The highest BCUT2D eigenvalue weighted by Crippen LogP contribution is 2.25. The summed E-state index contributed by atoms with van der Waals surface area (Å²) in [5.41, 5.74) is 1.84. The average Bonchev–Trinajstić information content (AvgIpc) is 3.11. The van der Waals surface area contributed by atoms with E-state index in [1.165, 1.54) is 23.5 Å². The van der Waals surface area contributed by atoms with Crippen LogP contribution in [-0.4, -0.2) is 21.5 Å². The van der Waals surface area contributed by atoms with Crippen molar-refractivity contribution in [1.82, 2.24) is 15.0 Å². The van der Waals surface area contributed by atoms with E-state index in [9.17, 15) is 4.39 Å². The standard InChI is InChI=1S/C19H15FN4OS/c20-13-5-7-15(8-6-13)25-19-24-14(11-26-19)9-10-21-18-16-3-1-2-4-17(16)22-12-23-18/h1-8,11-12H,9-10H2,(H,21,22,23). The van der Waals surface area contributed by atoms with Gasteiger partial charge in [0.15, 0.2) is 0 Å². The van der Waals surface area contributed by atoms with Crippen LogP contribution >= 0.6 is 11.3 Å². The molecule has 0 spiro atoms. The fourth-order valence-electron chi connectivity index (χ4n) is 2.51. The van der Waals surface area contributed by atoms with Gasteiger partial charge in [-0.25, -0.2) is 19.3 Å². The van der Waals surface area contributed by atoms with Crippen molar-refractivity contribution in [2.45, 2.75) is 6.42 Å². The van der Waals surface area contributed by atoms with Gasteiger partial charge in [-0.1, -0.05) is 23.5 Å². The number of halogens is 1. The number of anilines is 1. The maximum absolute atomic E-state index is 12.9. The summed E-state index contributed by atoms with van der Waals surface area (Å²) in [6, 6.07) is 13.8. The van der Waals surface area contributed by atoms with Gasteiger partial charge in [-0.05, 0) is 36.4 Å². The Bertz CT molecular complexity index is 1010. The highest BCUT2D eigenvalue weighted by Gasteiger charge is 2.06. The molecule has 0 unspecified atom stereocenters. The van der Waals surface area contributed by atoms with Crippen molar-refractivity contribution in [2.75, 3.05) is 11.9 Å². The lowest BCUT2D eigenvalue weighted by atomic mass is 10.2. The van der Waals surface area contributed by atoms with Crippen LogP contribution in [0.4, 0.5) is 10.2 Å². The lowest BCUT2D eigenvalue weighted by Crippen LogP contribution is -2.07. The number of thiazole rings is 1. The third-order valence-electron chi connectivity index (χ3n) is 3.77. The lowest BCUT2D eigenvalue weighted by molar-refractivity contribution is 0.475. The van der Waals surface area contributed by atoms with E-state index >= 15 is 0 Å². The van der Waals surface area contributed by atoms with E-state index in [1.54, 1.807) is 18.5 Å². The predicted octanol–water partition coefficient (Wildman–Crippen LogP) is 4.67. The summed E-state index contributed by atoms with van der Waals surface area (Å²) in [6.45, 7) is 0.695. The molecule has 0 bridgehead atoms. The molecule has 0 aliphatic carbocycles. The van der Waals surface area contributed by atoms with E-state index in [-0.39, 0.29) is 5.82 Å². The van der Waals surface area contributed by atoms with E-state index in [1.807, 2.05) is 29.6 Å². The Labute approximate surface area is 153 Å². The predicted molar refractivity (Wildman–Crippen MR) is 100 cm³/mol. The Balaban J connectivity index is 1.36. The Hall–Kier alpha value is -3.06. The molecule has 0 aliphatic heterocycles. The zero-order valence-corrected chi connectivity index (χ0v) is 14.5. The highest BCUT2D eigenvalue weighted by atomic mass is 32.1. The minimum atomic E-state index is -0.291. The second kappa shape index (κ2) is 7.45. The number of fused-ring (bicyclic) bond motifs is 1. The molecule has 0 saturated heterocycles. The first-order chi connectivity index (χ1) is 12.8. The molecule has 5 nitrogen and oxygen atoms in total. The average molecular weight is 366 g/mol. The number of ether oxygens (including phenoxy) is 1. The molecule has 0 saturated carbocycles. The van der Waals surface area contributed by atoms with Crippen molar-refractivity contribution >= 4 is 28.1 Å². The van der Waals surface area contributed by atoms with Gasteiger partial charge in [0.25, 0.3) is 5.19 Å². The van der Waals surface area contributed by atoms with Crippen LogP contribution in [0.5, 0.6) is 10.9 Å². The van der Waals surface area contributed by atoms with E-state index in [0.29, 0.717) is 17.5 Å². The molecule has 26 heavy (non-hydrogen) atoms. The normalized spacial score (nSPS) is 10.8. The van der Waals surface area contributed by atoms with Crippen molar-refractivity contribution in [3.05, 3.63) is 71.7 Å². The molecular formula is C19H15FN4OS. The lowest BCUT2D eigenvalue weighted by Gasteiger charge is -2.07. The molecule has 130 valence electrons. The van der Waals surface area contributed by atoms with Crippen LogP contribution in [-0.2, 0) is 6.42 Å². The zero-order chi connectivity index (χ0) is 17.8. The molecule has 0 fully saturated rings. The van der Waals surface area contributed by atoms with Crippen LogP contribution in [0.25, 0.3) is 10.9 Å². The third-order valence-corrected chi connectivity index (χ3v) is 4.53. The van der Waals surface area contributed by atoms with Gasteiger partial charge in [0, 0.05) is 23.7 Å². The quantitative estimate of drug-likeness (QED) is 0.537. The Morgan fingerprint density at radius 2 is 1.88 bits per heavy atom. The molecule has 0 amide bonds. The van der Waals surface area contributed by atoms with Crippen LogP contribution in [0.1, 0.15) is 5.69 Å². The third kappa shape index (κ3) is 3.78. The number of nitrogens with zero attached hydrogens (tertiary/aromatic N) is 3. The van der Waals surface area contributed by atoms with Gasteiger partial charge >= 0.3 is 0 Å². The maximum Gasteiger partial charge on any atom is 0.278 e. The summed E-state index contributed by atoms with van der Waals surface area (Å²) in [7, 11) is 0. The molecule has 0 radical (unpaired) electrons. The van der Waals surface area contributed by atoms with Crippen LogP contribution in [0.3, 0.4) is 0 Å². The molecular weight excluding hydrogens is 351 g/mol. The smallest absolute Gasteiger partial charge is 0.278 e. The Morgan fingerprint density at radius 3 is 2.77 bits per heavy atom. The van der Waals surface area contributed by atoms with Gasteiger partial charge in [0.2, 0.25) is 0 Å². The second-order valence-corrected chi connectivity index (χ2v) is 6.40. The van der Waals surface area contributed by atoms with Crippen LogP contribution in [0, 0.1) is 5.82 Å². The largest absolute Gasteiger partial charge is 0.431 e. The van der Waals surface area contributed by atoms with Gasteiger partial charge in [-0.2, -0.15) is 0 Å². The summed E-state index contributed by atoms with van der Waals surface area (Å²) in [5.74, 6) is 1.09. The highest BCUT2D eigenvalue weighted by molar-refractivity contribution is 7.11. The molecule has 0 aliphatic rings. The van der Waals surface area contributed by atoms with E-state index in [2.05, 4.69) is 20.3 Å². The molecule has 0 atom stereocenters. The van der Waals surface area contributed by atoms with Crippen LogP contribution in [0.2, 0.25) is 0 Å². The summed E-state index contributed by atoms with van der Waals surface area (Å²) < 4.78 is 18.6. The molecule has 2 aromatic heterocycles. The van der Waals surface area contributed by atoms with Crippen LogP contribution < -0.4 is 10.1 Å². The van der Waals surface area contributed by atoms with E-state index < -0.39 is 0 Å². The number of nitrogens with one attached hydrogen (secondary N) is 1. The molecule has 2 aromatic carbocycles. The van der Waals surface area contributed by atoms with Gasteiger partial charge in [0.05, 0.1) is 11.2 Å². The van der Waals surface area contributed by atoms with Crippen molar-refractivity contribution < 1.29 is 9.13 Å². The van der Waals surface area contributed by atoms with Gasteiger partial charge in [-0.15, -0.1) is 0 Å². The van der Waals surface area contributed by atoms with Crippen molar-refractivity contribution in [3.8, 4) is 10.9 Å². The Kier molecular flexibility index (Phi) is 4.70. The Morgan fingerprint density at radius 1 is 1.04 bits per heavy atom. The first kappa shape index (κ1) is 16.4. The summed E-state index contributed by atoms with van der Waals surface area (Å²) in [5, 5.41) is 6.82. The van der Waals surface area contributed by atoms with Gasteiger partial charge < -0.3 is 10.1 Å². The molecule has 1 N–H and O–H groups in total. The molecule has 2 heterocycles. The van der Waals surface area contributed by atoms with Crippen LogP contribution in [0.15, 0.2) is 60.2 Å². The van der Waals surface area contributed by atoms with Crippen molar-refractivity contribution in [1.29, 1.82) is 0 Å². The van der Waals surface area contributed by atoms with E-state index in [0.717, 1.165) is 28.8 Å². The SMILES string of the molecule is Fc1ccc(Oc2nc(CCNc3ncnc4ccccc34)cs2)cc1. The molecule has 4 aromatic rings. The van der Waals surface area contributed by atoms with Crippen molar-refractivity contribution in [2.24, 2.45) is 0 Å². The summed E-state index contributed by atoms with van der Waals surface area (Å²) in [6.07, 6.45) is 2.30. The number of hydrogen-bond donors (Lipinski definition) is 1. The number of aromatic nitrogens is 3. The fraction of sp³-hybridized carbons (Fsp3) is 0.105. The number of hydrogen-bond acceptors (Lipinski definition) is 6. The first-order valence-electron chi connectivity index (χ1n) is 8.09. The zero-order valence-electron chi connectivity index (χ0n) is 13.7. The monoisotopic (exact) mass is 366 g/mol. The minimum Gasteiger partial charge on any atom is -0.431 e. The molecule has 4 rings (SSSR count). The summed E-state index contributed by atoms with van der Waals surface area (Å²) in [4.78, 5) is 13.0. The first-order valence-corrected chi connectivity index (χ1v) is 8.97. The minimum absolute atomic E-state index is 0.291. The van der Waals surface area contributed by atoms with E-state index in [4.69, 9.17) is 4.74 Å². The second-order valence-electron chi connectivity index (χ2n) is 5.58. The number of rotatable bonds is 6. The summed E-state index contributed by atoms with van der Waals surface area (Å²) >= 11 is 1.42. The number of para-hydroxylation sites is 1. The molecule has 7 heteroatoms. The fourth-order valence-corrected chi connectivity index (χ4v) is 3.23. The van der Waals surface area contributed by atoms with Gasteiger partial charge in [-0.3, -0.25) is 0 Å². The van der Waals surface area contributed by atoms with Gasteiger partial charge in [0.1, 0.15) is 23.7 Å². The van der Waals surface area contributed by atoms with Crippen molar-refractivity contribution in [3.63, 3.8) is 0 Å². The maximum atomic E-state index is 12.9.